The number of esters is 1. The van der Waals surface area contributed by atoms with Crippen LogP contribution in [0.15, 0.2) is 18.2 Å². The summed E-state index contributed by atoms with van der Waals surface area (Å²) in [5.74, 6) is -0.660. The molecule has 0 amide bonds. The Kier molecular flexibility index (Phi) is 5.12. The molecule has 2 unspecified atom stereocenters. The molecule has 5 heteroatoms. The molecule has 1 rings (SSSR count). The number of anilines is 1. The summed E-state index contributed by atoms with van der Waals surface area (Å²) in [5, 5.41) is 19.1. The van der Waals surface area contributed by atoms with E-state index in [0.29, 0.717) is 24.1 Å². The smallest absolute Gasteiger partial charge is 0.340 e. The third-order valence-corrected chi connectivity index (χ3v) is 2.63. The summed E-state index contributed by atoms with van der Waals surface area (Å²) in [5.41, 5.74) is 6.75. The van der Waals surface area contributed by atoms with Gasteiger partial charge in [-0.1, -0.05) is 13.8 Å². The lowest BCUT2D eigenvalue weighted by molar-refractivity contribution is -0.0659. The molecule has 0 aliphatic rings. The monoisotopic (exact) mass is 253 g/mol. The van der Waals surface area contributed by atoms with E-state index in [1.165, 1.54) is 6.07 Å². The highest BCUT2D eigenvalue weighted by atomic mass is 16.6. The van der Waals surface area contributed by atoms with E-state index in [2.05, 4.69) is 0 Å². The Morgan fingerprint density at radius 1 is 1.33 bits per heavy atom. The number of ether oxygens (including phenoxy) is 1. The number of aliphatic hydroxyl groups is 2. The normalized spacial score (nSPS) is 14.0. The number of hydrogen-bond acceptors (Lipinski definition) is 5. The Balaban J connectivity index is 3.03. The summed E-state index contributed by atoms with van der Waals surface area (Å²) >= 11 is 0. The molecule has 4 N–H and O–H groups in total. The van der Waals surface area contributed by atoms with Gasteiger partial charge < -0.3 is 20.7 Å². The van der Waals surface area contributed by atoms with E-state index in [4.69, 9.17) is 10.5 Å². The molecule has 0 aliphatic heterocycles. The lowest BCUT2D eigenvalue weighted by Gasteiger charge is -2.16. The fourth-order valence-electron chi connectivity index (χ4n) is 1.53. The molecule has 18 heavy (non-hydrogen) atoms. The van der Waals surface area contributed by atoms with Gasteiger partial charge in [0.1, 0.15) is 0 Å². The Labute approximate surface area is 106 Å². The van der Waals surface area contributed by atoms with Crippen molar-refractivity contribution in [3.8, 4) is 0 Å². The quantitative estimate of drug-likeness (QED) is 0.421. The molecule has 0 fully saturated rings. The van der Waals surface area contributed by atoms with E-state index in [9.17, 15) is 15.0 Å². The first-order valence-electron chi connectivity index (χ1n) is 5.96. The van der Waals surface area contributed by atoms with Gasteiger partial charge in [0, 0.05) is 12.1 Å². The molecule has 0 spiro atoms. The molecule has 0 saturated heterocycles. The zero-order chi connectivity index (χ0) is 13.7. The number of aliphatic hydroxyl groups excluding tert-OH is 2. The molecular formula is C13H19NO4. The molecule has 0 aromatic heterocycles. The molecule has 5 nitrogen and oxygen atoms in total. The first-order valence-corrected chi connectivity index (χ1v) is 5.96. The van der Waals surface area contributed by atoms with Gasteiger partial charge in [0.15, 0.2) is 0 Å². The highest BCUT2D eigenvalue weighted by Crippen LogP contribution is 2.24. The second-order valence-corrected chi connectivity index (χ2v) is 4.04. The van der Waals surface area contributed by atoms with Crippen molar-refractivity contribution in [3.05, 3.63) is 29.3 Å². The third kappa shape index (κ3) is 3.45. The van der Waals surface area contributed by atoms with Crippen LogP contribution < -0.4 is 5.73 Å². The van der Waals surface area contributed by atoms with E-state index < -0.39 is 18.4 Å². The van der Waals surface area contributed by atoms with E-state index >= 15 is 0 Å². The van der Waals surface area contributed by atoms with Crippen molar-refractivity contribution >= 4 is 11.7 Å². The lowest BCUT2D eigenvalue weighted by atomic mass is 10.00. The van der Waals surface area contributed by atoms with Crippen molar-refractivity contribution in [1.82, 2.24) is 0 Å². The van der Waals surface area contributed by atoms with Crippen molar-refractivity contribution in [2.75, 3.05) is 5.73 Å². The molecule has 0 saturated carbocycles. The Bertz CT molecular complexity index is 419. The van der Waals surface area contributed by atoms with Crippen LogP contribution >= 0.6 is 0 Å². The maximum absolute atomic E-state index is 11.8. The summed E-state index contributed by atoms with van der Waals surface area (Å²) in [4.78, 5) is 11.8. The predicted molar refractivity (Wildman–Crippen MR) is 67.8 cm³/mol. The SMILES string of the molecule is CCC(O)OC(=O)c1ccc(N)cc1C(O)CC. The number of hydrogen-bond donors (Lipinski definition) is 3. The van der Waals surface area contributed by atoms with Crippen molar-refractivity contribution in [3.63, 3.8) is 0 Å². The summed E-state index contributed by atoms with van der Waals surface area (Å²) in [6.07, 6.45) is -1.15. The summed E-state index contributed by atoms with van der Waals surface area (Å²) in [6, 6.07) is 4.60. The van der Waals surface area contributed by atoms with Crippen LogP contribution in [0.5, 0.6) is 0 Å². The Hall–Kier alpha value is -1.59. The molecule has 0 heterocycles. The number of benzene rings is 1. The van der Waals surface area contributed by atoms with Crippen LogP contribution in [0, 0.1) is 0 Å². The molecule has 2 atom stereocenters. The van der Waals surface area contributed by atoms with Gasteiger partial charge in [-0.25, -0.2) is 4.79 Å². The largest absolute Gasteiger partial charge is 0.432 e. The summed E-state index contributed by atoms with van der Waals surface area (Å²) in [6.45, 7) is 3.49. The number of carbonyl (C=O) groups excluding carboxylic acids is 1. The minimum absolute atomic E-state index is 0.228. The molecule has 0 aliphatic carbocycles. The molecule has 1 aromatic carbocycles. The van der Waals surface area contributed by atoms with E-state index in [-0.39, 0.29) is 5.56 Å². The number of nitrogen functional groups attached to an aromatic ring is 1. The Morgan fingerprint density at radius 3 is 2.56 bits per heavy atom. The number of nitrogens with two attached hydrogens (primary N) is 1. The number of rotatable bonds is 5. The van der Waals surface area contributed by atoms with Crippen molar-refractivity contribution in [2.24, 2.45) is 0 Å². The average Bonchev–Trinajstić information content (AvgIpc) is 2.37. The maximum atomic E-state index is 11.8. The first kappa shape index (κ1) is 14.5. The second-order valence-electron chi connectivity index (χ2n) is 4.04. The molecule has 100 valence electrons. The molecule has 1 aromatic rings. The summed E-state index contributed by atoms with van der Waals surface area (Å²) in [7, 11) is 0. The van der Waals surface area contributed by atoms with E-state index in [0.717, 1.165) is 0 Å². The van der Waals surface area contributed by atoms with Crippen molar-refractivity contribution < 1.29 is 19.7 Å². The second kappa shape index (κ2) is 6.37. The minimum Gasteiger partial charge on any atom is -0.432 e. The maximum Gasteiger partial charge on any atom is 0.340 e. The van der Waals surface area contributed by atoms with E-state index in [1.807, 2.05) is 0 Å². The van der Waals surface area contributed by atoms with Crippen LogP contribution in [0.3, 0.4) is 0 Å². The van der Waals surface area contributed by atoms with Gasteiger partial charge >= 0.3 is 5.97 Å². The third-order valence-electron chi connectivity index (χ3n) is 2.63. The van der Waals surface area contributed by atoms with Gasteiger partial charge in [0.25, 0.3) is 0 Å². The fourth-order valence-corrected chi connectivity index (χ4v) is 1.53. The molecule has 0 radical (unpaired) electrons. The van der Waals surface area contributed by atoms with Crippen LogP contribution in [-0.2, 0) is 4.74 Å². The van der Waals surface area contributed by atoms with Gasteiger partial charge in [-0.05, 0) is 30.2 Å². The highest BCUT2D eigenvalue weighted by molar-refractivity contribution is 5.91. The van der Waals surface area contributed by atoms with Crippen LogP contribution in [0.4, 0.5) is 5.69 Å². The Morgan fingerprint density at radius 2 is 2.00 bits per heavy atom. The van der Waals surface area contributed by atoms with E-state index in [1.54, 1.807) is 26.0 Å². The molecule has 0 bridgehead atoms. The van der Waals surface area contributed by atoms with Crippen LogP contribution in [-0.4, -0.2) is 22.5 Å². The zero-order valence-electron chi connectivity index (χ0n) is 10.6. The molecular weight excluding hydrogens is 234 g/mol. The first-order chi connectivity index (χ1) is 8.49. The average molecular weight is 253 g/mol. The fraction of sp³-hybridized carbons (Fsp3) is 0.462. The predicted octanol–water partition coefficient (Wildman–Crippen LogP) is 1.60. The van der Waals surface area contributed by atoms with Gasteiger partial charge in [-0.3, -0.25) is 0 Å². The minimum atomic E-state index is -1.14. The topological polar surface area (TPSA) is 92.8 Å². The highest BCUT2D eigenvalue weighted by Gasteiger charge is 2.19. The van der Waals surface area contributed by atoms with Gasteiger partial charge in [-0.2, -0.15) is 0 Å². The zero-order valence-corrected chi connectivity index (χ0v) is 10.6. The van der Waals surface area contributed by atoms with Crippen LogP contribution in [0.2, 0.25) is 0 Å². The van der Waals surface area contributed by atoms with Crippen LogP contribution in [0.1, 0.15) is 48.7 Å². The summed E-state index contributed by atoms with van der Waals surface area (Å²) < 4.78 is 4.83. The van der Waals surface area contributed by atoms with Gasteiger partial charge in [0.05, 0.1) is 11.7 Å². The standard InChI is InChI=1S/C13H19NO4/c1-3-11(15)10-7-8(14)5-6-9(10)13(17)18-12(16)4-2/h5-7,11-12,15-16H,3-4,14H2,1-2H3. The van der Waals surface area contributed by atoms with Crippen molar-refractivity contribution in [1.29, 1.82) is 0 Å². The lowest BCUT2D eigenvalue weighted by Crippen LogP contribution is -2.18. The van der Waals surface area contributed by atoms with Crippen LogP contribution in [0.25, 0.3) is 0 Å². The van der Waals surface area contributed by atoms with Gasteiger partial charge in [-0.15, -0.1) is 0 Å². The number of carbonyl (C=O) groups is 1. The van der Waals surface area contributed by atoms with Crippen molar-refractivity contribution in [2.45, 2.75) is 39.1 Å². The van der Waals surface area contributed by atoms with Gasteiger partial charge in [0.2, 0.25) is 6.29 Å².